The van der Waals surface area contributed by atoms with Crippen molar-refractivity contribution >= 4 is 11.9 Å². The highest BCUT2D eigenvalue weighted by Crippen LogP contribution is 2.41. The molecule has 4 nitrogen and oxygen atoms in total. The number of carbonyl (C=O) groups excluding carboxylic acids is 1. The van der Waals surface area contributed by atoms with Crippen molar-refractivity contribution in [1.82, 2.24) is 4.90 Å². The number of piperidine rings is 2. The average molecular weight is 197 g/mol. The molecule has 78 valence electrons. The molecule has 0 spiro atoms. The van der Waals surface area contributed by atoms with E-state index in [1.807, 2.05) is 6.92 Å². The van der Waals surface area contributed by atoms with Crippen LogP contribution in [0.5, 0.6) is 0 Å². The molecule has 1 atom stereocenters. The largest absolute Gasteiger partial charge is 0.481 e. The maximum absolute atomic E-state index is 11.7. The standard InChI is InChI=1S/C10H15NO3/c1-6(2-9(12)13)11-5-7-3-8(4-7)10(11)14/h6-8H,2-5H2,1H3,(H,12,13). The van der Waals surface area contributed by atoms with Gasteiger partial charge in [0.25, 0.3) is 0 Å². The fourth-order valence-corrected chi connectivity index (χ4v) is 2.45. The van der Waals surface area contributed by atoms with Gasteiger partial charge in [-0.05, 0) is 25.7 Å². The second-order valence-corrected chi connectivity index (χ2v) is 4.47. The van der Waals surface area contributed by atoms with Crippen LogP contribution in [0.2, 0.25) is 0 Å². The Labute approximate surface area is 82.9 Å². The molecule has 2 aliphatic heterocycles. The molecule has 2 saturated heterocycles. The number of carbonyl (C=O) groups is 2. The monoisotopic (exact) mass is 197 g/mol. The third kappa shape index (κ3) is 1.49. The number of amides is 1. The minimum atomic E-state index is -0.829. The highest BCUT2D eigenvalue weighted by Gasteiger charge is 2.44. The number of hydrogen-bond donors (Lipinski definition) is 1. The zero-order chi connectivity index (χ0) is 10.3. The predicted molar refractivity (Wildman–Crippen MR) is 49.6 cm³/mol. The zero-order valence-corrected chi connectivity index (χ0v) is 8.27. The summed E-state index contributed by atoms with van der Waals surface area (Å²) in [6, 6.07) is -0.148. The number of aliphatic carboxylic acids is 1. The first-order valence-electron chi connectivity index (χ1n) is 5.10. The highest BCUT2D eigenvalue weighted by atomic mass is 16.4. The molecule has 0 aromatic rings. The van der Waals surface area contributed by atoms with Gasteiger partial charge in [-0.15, -0.1) is 0 Å². The van der Waals surface area contributed by atoms with E-state index in [-0.39, 0.29) is 24.3 Å². The Morgan fingerprint density at radius 2 is 2.29 bits per heavy atom. The smallest absolute Gasteiger partial charge is 0.305 e. The van der Waals surface area contributed by atoms with Crippen LogP contribution in [0.1, 0.15) is 26.2 Å². The molecule has 1 amide bonds. The lowest BCUT2D eigenvalue weighted by molar-refractivity contribution is -0.153. The van der Waals surface area contributed by atoms with Crippen molar-refractivity contribution in [2.45, 2.75) is 32.2 Å². The van der Waals surface area contributed by atoms with Crippen LogP contribution in [0.3, 0.4) is 0 Å². The highest BCUT2D eigenvalue weighted by molar-refractivity contribution is 5.82. The van der Waals surface area contributed by atoms with Crippen LogP contribution in [-0.2, 0) is 9.59 Å². The van der Waals surface area contributed by atoms with Crippen LogP contribution in [-0.4, -0.2) is 34.5 Å². The molecule has 4 heteroatoms. The van der Waals surface area contributed by atoms with E-state index in [4.69, 9.17) is 5.11 Å². The summed E-state index contributed by atoms with van der Waals surface area (Å²) in [5.41, 5.74) is 0. The zero-order valence-electron chi connectivity index (χ0n) is 8.27. The van der Waals surface area contributed by atoms with Crippen LogP contribution < -0.4 is 0 Å². The first-order chi connectivity index (χ1) is 6.58. The predicted octanol–water partition coefficient (Wildman–Crippen LogP) is 0.718. The number of nitrogens with zero attached hydrogens (tertiary/aromatic N) is 1. The van der Waals surface area contributed by atoms with Crippen LogP contribution in [0.15, 0.2) is 0 Å². The van der Waals surface area contributed by atoms with Gasteiger partial charge < -0.3 is 10.0 Å². The molecule has 0 aromatic carbocycles. The lowest BCUT2D eigenvalue weighted by atomic mass is 9.70. The first-order valence-corrected chi connectivity index (χ1v) is 5.10. The van der Waals surface area contributed by atoms with Gasteiger partial charge in [0.1, 0.15) is 0 Å². The molecule has 2 heterocycles. The molecule has 3 fully saturated rings. The summed E-state index contributed by atoms with van der Waals surface area (Å²) in [4.78, 5) is 24.0. The van der Waals surface area contributed by atoms with Crippen molar-refractivity contribution < 1.29 is 14.7 Å². The topological polar surface area (TPSA) is 57.6 Å². The number of rotatable bonds is 3. The summed E-state index contributed by atoms with van der Waals surface area (Å²) in [5.74, 6) is 0.171. The molecular formula is C10H15NO3. The fourth-order valence-electron chi connectivity index (χ4n) is 2.45. The number of fused-ring (bicyclic) bond motifs is 2. The molecule has 0 aromatic heterocycles. The molecule has 2 bridgehead atoms. The van der Waals surface area contributed by atoms with Gasteiger partial charge in [0.15, 0.2) is 0 Å². The quantitative estimate of drug-likeness (QED) is 0.725. The molecule has 0 radical (unpaired) electrons. The maximum Gasteiger partial charge on any atom is 0.305 e. The van der Waals surface area contributed by atoms with Gasteiger partial charge >= 0.3 is 5.97 Å². The van der Waals surface area contributed by atoms with Gasteiger partial charge in [-0.1, -0.05) is 0 Å². The van der Waals surface area contributed by atoms with E-state index in [0.717, 1.165) is 19.4 Å². The second kappa shape index (κ2) is 3.26. The summed E-state index contributed by atoms with van der Waals surface area (Å²) in [6.45, 7) is 2.58. The summed E-state index contributed by atoms with van der Waals surface area (Å²) in [7, 11) is 0. The van der Waals surface area contributed by atoms with E-state index in [1.165, 1.54) is 0 Å². The summed E-state index contributed by atoms with van der Waals surface area (Å²) in [6.07, 6.45) is 2.11. The van der Waals surface area contributed by atoms with Crippen LogP contribution in [0, 0.1) is 11.8 Å². The van der Waals surface area contributed by atoms with E-state index in [2.05, 4.69) is 0 Å². The summed E-state index contributed by atoms with van der Waals surface area (Å²) >= 11 is 0. The van der Waals surface area contributed by atoms with Crippen LogP contribution in [0.4, 0.5) is 0 Å². The second-order valence-electron chi connectivity index (χ2n) is 4.47. The fraction of sp³-hybridized carbons (Fsp3) is 0.800. The lowest BCUT2D eigenvalue weighted by Gasteiger charge is -2.48. The Balaban J connectivity index is 1.97. The molecular weight excluding hydrogens is 182 g/mol. The molecule has 1 saturated carbocycles. The number of carboxylic acids is 1. The summed E-state index contributed by atoms with van der Waals surface area (Å²) < 4.78 is 0. The van der Waals surface area contributed by atoms with Gasteiger partial charge in [-0.2, -0.15) is 0 Å². The first kappa shape index (κ1) is 9.49. The van der Waals surface area contributed by atoms with E-state index < -0.39 is 5.97 Å². The Bertz CT molecular complexity index is 271. The van der Waals surface area contributed by atoms with Crippen LogP contribution >= 0.6 is 0 Å². The SMILES string of the molecule is CC(CC(=O)O)N1CC2CC(C2)C1=O. The Morgan fingerprint density at radius 3 is 2.79 bits per heavy atom. The van der Waals surface area contributed by atoms with Gasteiger partial charge in [0.2, 0.25) is 5.91 Å². The Kier molecular flexibility index (Phi) is 2.21. The molecule has 14 heavy (non-hydrogen) atoms. The van der Waals surface area contributed by atoms with E-state index >= 15 is 0 Å². The number of carboxylic acid groups (broad SMARTS) is 1. The van der Waals surface area contributed by atoms with E-state index in [0.29, 0.717) is 5.92 Å². The van der Waals surface area contributed by atoms with Crippen LogP contribution in [0.25, 0.3) is 0 Å². The molecule has 1 unspecified atom stereocenters. The Morgan fingerprint density at radius 1 is 1.64 bits per heavy atom. The molecule has 3 aliphatic rings. The van der Waals surface area contributed by atoms with Crippen molar-refractivity contribution in [3.8, 4) is 0 Å². The van der Waals surface area contributed by atoms with E-state index in [9.17, 15) is 9.59 Å². The normalized spacial score (nSPS) is 32.4. The minimum Gasteiger partial charge on any atom is -0.481 e. The van der Waals surface area contributed by atoms with Crippen molar-refractivity contribution in [3.63, 3.8) is 0 Å². The van der Waals surface area contributed by atoms with Gasteiger partial charge in [-0.25, -0.2) is 0 Å². The third-order valence-corrected chi connectivity index (χ3v) is 3.33. The Hall–Kier alpha value is -1.06. The molecule has 1 N–H and O–H groups in total. The van der Waals surface area contributed by atoms with Gasteiger partial charge in [-0.3, -0.25) is 9.59 Å². The van der Waals surface area contributed by atoms with Crippen molar-refractivity contribution in [2.75, 3.05) is 6.54 Å². The van der Waals surface area contributed by atoms with Crippen molar-refractivity contribution in [3.05, 3.63) is 0 Å². The number of hydrogen-bond acceptors (Lipinski definition) is 2. The lowest BCUT2D eigenvalue weighted by Crippen LogP contribution is -2.56. The minimum absolute atomic E-state index is 0.0607. The van der Waals surface area contributed by atoms with Gasteiger partial charge in [0, 0.05) is 18.5 Å². The maximum atomic E-state index is 11.7. The van der Waals surface area contributed by atoms with Crippen molar-refractivity contribution in [2.24, 2.45) is 11.8 Å². The van der Waals surface area contributed by atoms with Gasteiger partial charge in [0.05, 0.1) is 6.42 Å². The molecule has 1 aliphatic carbocycles. The average Bonchev–Trinajstić information content (AvgIpc) is 2.00. The third-order valence-electron chi connectivity index (χ3n) is 3.33. The van der Waals surface area contributed by atoms with E-state index in [1.54, 1.807) is 4.90 Å². The summed E-state index contributed by atoms with van der Waals surface area (Å²) in [5, 5.41) is 8.64. The van der Waals surface area contributed by atoms with Crippen molar-refractivity contribution in [1.29, 1.82) is 0 Å². The molecule has 3 rings (SSSR count).